The third-order valence-electron chi connectivity index (χ3n) is 17.0. The quantitative estimate of drug-likeness (QED) is 0.0424. The Hall–Kier alpha value is 5.75. The van der Waals surface area contributed by atoms with Gasteiger partial charge >= 0.3 is 0 Å². The molecular formula is B82P. The lowest BCUT2D eigenvalue weighted by Gasteiger charge is -2.63. The van der Waals surface area contributed by atoms with Crippen molar-refractivity contribution in [2.45, 2.75) is 0 Å². The van der Waals surface area contributed by atoms with E-state index >= 15 is 0 Å². The summed E-state index contributed by atoms with van der Waals surface area (Å²) >= 11 is 0. The molecule has 0 saturated carbocycles. The second kappa shape index (κ2) is 41.1. The van der Waals surface area contributed by atoms with Crippen LogP contribution in [0.1, 0.15) is 0 Å². The van der Waals surface area contributed by atoms with Gasteiger partial charge in [0, 0.05) is 562 Å². The van der Waals surface area contributed by atoms with E-state index in [1.165, 1.54) is 0 Å². The molecule has 0 atom stereocenters. The summed E-state index contributed by atoms with van der Waals surface area (Å²) in [5, 5.41) is 0. The Labute approximate surface area is 582 Å². The predicted molar refractivity (Wildman–Crippen MR) is 479 cm³/mol. The molecule has 251 valence electrons. The SMILES string of the molecule is [B][B]B([B])B(B(B([B])[B])B([B])[B])B(B(B([B])[B])B([B])[B])P(B(B(B(B([B])[B])B([B])[B])B(B([B])[B])B([B])[B])B(B(B([B])[B])B([B])[B])B(B([B])[B])B([B])[B])B(B(B(B([B])[B])B([B])[B])B(B([B])[B])B([B])[B])B(B(B([B])[B])B([B])[B])B(B([B])[B])B([B])[B]. The van der Waals surface area contributed by atoms with Gasteiger partial charge in [-0.2, -0.15) is 0 Å². The second-order valence-corrected chi connectivity index (χ2v) is 25.6. The third-order valence-corrected chi connectivity index (χ3v) is 21.1. The van der Waals surface area contributed by atoms with Gasteiger partial charge in [0.05, 0.1) is 18.6 Å². The molecule has 0 aliphatic heterocycles. The van der Waals surface area contributed by atoms with Gasteiger partial charge in [0.2, 0.25) is 0 Å². The fourth-order valence-corrected chi connectivity index (χ4v) is 19.8. The highest BCUT2D eigenvalue weighted by Gasteiger charge is 2.65. The van der Waals surface area contributed by atoms with Gasteiger partial charge in [-0.3, -0.25) is 7.56 Å². The first-order chi connectivity index (χ1) is 37.8. The molecule has 85 radical (unpaired) electrons. The minimum atomic E-state index is -3.30. The first kappa shape index (κ1) is 88.8. The highest BCUT2D eigenvalue weighted by atomic mass is 31.1. The van der Waals surface area contributed by atoms with E-state index in [-0.39, 0.29) is 0 Å². The van der Waals surface area contributed by atoms with E-state index in [2.05, 4.69) is 0 Å². The van der Waals surface area contributed by atoms with Crippen LogP contribution in [-0.2, 0) is 0 Å². The lowest BCUT2D eigenvalue weighted by Crippen LogP contribution is -2.92. The van der Waals surface area contributed by atoms with Crippen molar-refractivity contribution in [2.24, 2.45) is 0 Å². The maximum atomic E-state index is 7.33. The molecule has 0 heterocycles. The zero-order chi connectivity index (χ0) is 65.8. The van der Waals surface area contributed by atoms with Crippen LogP contribution in [-0.4, -0.2) is 581 Å². The first-order valence-electron chi connectivity index (χ1n) is 27.1. The highest BCUT2D eigenvalue weighted by Crippen LogP contribution is 2.53. The summed E-state index contributed by atoms with van der Waals surface area (Å²) < 4.78 is 0. The van der Waals surface area contributed by atoms with Crippen LogP contribution in [0.3, 0.4) is 0 Å². The molecule has 0 aliphatic carbocycles. The fraction of sp³-hybridized carbons (Fsp3) is 0. The van der Waals surface area contributed by atoms with Gasteiger partial charge in [-0.05, 0) is 0 Å². The zero-order valence-electron chi connectivity index (χ0n) is 47.8. The van der Waals surface area contributed by atoms with Gasteiger partial charge in [-0.1, -0.05) is 0 Å². The molecule has 0 N–H and O–H groups in total. The molecule has 0 bridgehead atoms. The topological polar surface area (TPSA) is 0 Å². The van der Waals surface area contributed by atoms with E-state index in [9.17, 15) is 0 Å². The lowest BCUT2D eigenvalue weighted by molar-refractivity contribution is 3.22. The van der Waals surface area contributed by atoms with Crippen molar-refractivity contribution in [3.05, 3.63) is 0 Å². The summed E-state index contributed by atoms with van der Waals surface area (Å²) in [6, 6.07) is 0. The zero-order valence-corrected chi connectivity index (χ0v) is 48.7. The minimum absolute atomic E-state index is 1.04. The van der Waals surface area contributed by atoms with Crippen LogP contribution in [0.4, 0.5) is 0 Å². The maximum absolute atomic E-state index is 7.33. The largest absolute Gasteiger partial charge is 0.253 e. The standard InChI is InChI=1S/B82P/c1-43-64(42)75(65(44(2)3)45(4)5)80(74(62(38)39)63(40)41)83(81(76(66(46(6)7)47(8)9)67(48(10)11)49(12)13)77(68(50(14)15)51(16)17)69(52(18)19)53(20)21)82(78(70(54(22)23)55(24)25)71(56(26)27)57(28)29)79(72(58(30)31)59(32)33)73(60(34)35)61(36)37. The number of hydrogen-bond acceptors (Lipinski definition) is 0. The molecular weight excluding hydrogens is 918 g/mol. The van der Waals surface area contributed by atoms with Crippen LogP contribution in [0.25, 0.3) is 0 Å². The van der Waals surface area contributed by atoms with Crippen molar-refractivity contribution in [2.75, 3.05) is 0 Å². The van der Waals surface area contributed by atoms with Crippen LogP contribution in [0.5, 0.6) is 0 Å². The Morgan fingerprint density at radius 2 is 0.253 bits per heavy atom. The first-order valence-corrected chi connectivity index (χ1v) is 28.7. The predicted octanol–water partition coefficient (Wildman–Crippen LogP) is -30.4. The van der Waals surface area contributed by atoms with E-state index in [0.717, 1.165) is 7.06 Å². The molecule has 0 aromatic rings. The maximum Gasteiger partial charge on any atom is 0.0527 e. The van der Waals surface area contributed by atoms with Crippen molar-refractivity contribution in [3.63, 3.8) is 0 Å². The fourth-order valence-electron chi connectivity index (χ4n) is 13.9. The molecule has 0 fully saturated rings. The summed E-state index contributed by atoms with van der Waals surface area (Å²) in [6.45, 7) is 0. The van der Waals surface area contributed by atoms with Gasteiger partial charge in [-0.25, -0.2) is 0 Å². The van der Waals surface area contributed by atoms with Crippen LogP contribution >= 0.6 is 7.56 Å². The van der Waals surface area contributed by atoms with Crippen molar-refractivity contribution in [1.29, 1.82) is 0 Å². The molecule has 0 spiro atoms. The Balaban J connectivity index is 13.0. The minimum Gasteiger partial charge on any atom is -0.253 e. The summed E-state index contributed by atoms with van der Waals surface area (Å²) in [6.07, 6.45) is -65.2. The van der Waals surface area contributed by atoms with Crippen LogP contribution < -0.4 is 0 Å². The van der Waals surface area contributed by atoms with E-state index in [4.69, 9.17) is 325 Å². The molecule has 0 aromatic carbocycles. The Morgan fingerprint density at radius 1 is 0.145 bits per heavy atom. The van der Waals surface area contributed by atoms with E-state index in [0.29, 0.717) is 0 Å². The lowest BCUT2D eigenvalue weighted by atomic mass is 8.36. The van der Waals surface area contributed by atoms with Crippen molar-refractivity contribution < 1.29 is 0 Å². The number of hydrogen-bond donors (Lipinski definition) is 0. The molecule has 0 aromatic heterocycles. The van der Waals surface area contributed by atoms with E-state index in [1.807, 2.05) is 0 Å². The molecule has 83 heteroatoms. The van der Waals surface area contributed by atoms with Gasteiger partial charge in [0.15, 0.2) is 0 Å². The van der Waals surface area contributed by atoms with Crippen LogP contribution in [0.2, 0.25) is 0 Å². The number of rotatable bonds is 40. The van der Waals surface area contributed by atoms with Crippen LogP contribution in [0, 0.1) is 0 Å². The van der Waals surface area contributed by atoms with E-state index < -0.39 is 256 Å². The Kier molecular flexibility index (Phi) is 44.0. The summed E-state index contributed by atoms with van der Waals surface area (Å²) in [7, 11) is 288. The highest BCUT2D eigenvalue weighted by molar-refractivity contribution is 8.64. The van der Waals surface area contributed by atoms with E-state index in [1.54, 1.807) is 0 Å². The van der Waals surface area contributed by atoms with Crippen LogP contribution in [0.15, 0.2) is 0 Å². The summed E-state index contributed by atoms with van der Waals surface area (Å²) in [4.78, 5) is 0. The molecule has 0 aliphatic rings. The summed E-state index contributed by atoms with van der Waals surface area (Å²) in [5.41, 5.74) is 0. The van der Waals surface area contributed by atoms with Gasteiger partial charge in [0.25, 0.3) is 0 Å². The third kappa shape index (κ3) is 24.1. The van der Waals surface area contributed by atoms with Gasteiger partial charge in [-0.15, -0.1) is 0 Å². The molecule has 0 nitrogen and oxygen atoms in total. The Morgan fingerprint density at radius 3 is 0.361 bits per heavy atom. The molecule has 0 unspecified atom stereocenters. The van der Waals surface area contributed by atoms with Gasteiger partial charge < -0.3 is 0 Å². The van der Waals surface area contributed by atoms with Crippen molar-refractivity contribution >= 4 is 588 Å². The molecule has 0 saturated heterocycles. The molecule has 83 heavy (non-hydrogen) atoms. The average Bonchev–Trinajstić information content (AvgIpc) is 3.26. The molecule has 0 amide bonds. The van der Waals surface area contributed by atoms with Gasteiger partial charge in [0.1, 0.15) is 0 Å². The Bertz CT molecular complexity index is 1300. The normalized spacial score (nSPS) is 9.89. The van der Waals surface area contributed by atoms with Crippen molar-refractivity contribution in [1.82, 2.24) is 0 Å². The summed E-state index contributed by atoms with van der Waals surface area (Å²) in [5.74, 6) is 0. The second-order valence-electron chi connectivity index (χ2n) is 22.9. The van der Waals surface area contributed by atoms with Crippen molar-refractivity contribution in [3.8, 4) is 0 Å². The smallest absolute Gasteiger partial charge is 0.0527 e. The average molecular weight is 918 g/mol. The molecule has 0 rings (SSSR count). The monoisotopic (exact) mass is 934 g/mol.